The Labute approximate surface area is 249 Å². The van der Waals surface area contributed by atoms with Crippen molar-refractivity contribution in [2.75, 3.05) is 26.3 Å². The van der Waals surface area contributed by atoms with Gasteiger partial charge in [0.25, 0.3) is 5.56 Å². The van der Waals surface area contributed by atoms with Crippen LogP contribution in [0.15, 0.2) is 59.7 Å². The molecule has 0 atom stereocenters. The van der Waals surface area contributed by atoms with E-state index in [9.17, 15) is 4.79 Å². The smallest absolute Gasteiger partial charge is 0.259 e. The van der Waals surface area contributed by atoms with Gasteiger partial charge in [-0.15, -0.1) is 5.10 Å². The molecule has 0 bridgehead atoms. The van der Waals surface area contributed by atoms with Crippen LogP contribution in [0.4, 0.5) is 0 Å². The predicted molar refractivity (Wildman–Crippen MR) is 163 cm³/mol. The number of hydrogen-bond donors (Lipinski definition) is 1. The molecule has 0 spiro atoms. The number of H-pyrrole nitrogens is 1. The second kappa shape index (κ2) is 12.2. The zero-order valence-corrected chi connectivity index (χ0v) is 24.5. The molecule has 2 fully saturated rings. The average Bonchev–Trinajstić information content (AvgIpc) is 3.77. The van der Waals surface area contributed by atoms with Crippen LogP contribution in [-0.4, -0.2) is 77.0 Å². The fourth-order valence-corrected chi connectivity index (χ4v) is 6.92. The molecule has 222 valence electrons. The number of morpholine rings is 1. The number of benzene rings is 2. The molecule has 3 aromatic heterocycles. The molecule has 2 aromatic carbocycles. The molecule has 1 aliphatic heterocycles. The first-order valence-electron chi connectivity index (χ1n) is 15.4. The van der Waals surface area contributed by atoms with Gasteiger partial charge in [-0.1, -0.05) is 61.9 Å². The highest BCUT2D eigenvalue weighted by molar-refractivity contribution is 5.80. The lowest BCUT2D eigenvalue weighted by molar-refractivity contribution is 0.00543. The molecule has 4 heterocycles. The van der Waals surface area contributed by atoms with Crippen molar-refractivity contribution in [3.63, 3.8) is 0 Å². The number of aromatic amines is 1. The molecule has 11 nitrogen and oxygen atoms in total. The van der Waals surface area contributed by atoms with Crippen LogP contribution < -0.4 is 5.56 Å². The topological polar surface area (TPSA) is 119 Å². The monoisotopic (exact) mass is 579 g/mol. The van der Waals surface area contributed by atoms with Crippen LogP contribution in [0.1, 0.15) is 61.9 Å². The van der Waals surface area contributed by atoms with E-state index in [1.54, 1.807) is 6.33 Å². The van der Waals surface area contributed by atoms with Crippen molar-refractivity contribution in [1.82, 2.24) is 44.7 Å². The average molecular weight is 580 g/mol. The predicted octanol–water partition coefficient (Wildman–Crippen LogP) is 4.10. The SMILES string of the molecule is CCCc1c(Cc2ccc(-c3ccccc3-c3nnn[nH]3)cc2)c(=O)n(C2CCC(N3CCOCC3)CC2)c2ncnn12. The van der Waals surface area contributed by atoms with Crippen LogP contribution >= 0.6 is 0 Å². The van der Waals surface area contributed by atoms with Crippen LogP contribution in [0.3, 0.4) is 0 Å². The Morgan fingerprint density at radius 1 is 0.953 bits per heavy atom. The van der Waals surface area contributed by atoms with E-state index in [1.165, 1.54) is 0 Å². The normalized spacial score (nSPS) is 19.7. The van der Waals surface area contributed by atoms with E-state index in [2.05, 4.69) is 72.9 Å². The summed E-state index contributed by atoms with van der Waals surface area (Å²) < 4.78 is 9.44. The summed E-state index contributed by atoms with van der Waals surface area (Å²) >= 11 is 0. The summed E-state index contributed by atoms with van der Waals surface area (Å²) in [5.74, 6) is 1.30. The lowest BCUT2D eigenvalue weighted by Gasteiger charge is -2.39. The molecule has 0 radical (unpaired) electrons. The van der Waals surface area contributed by atoms with Gasteiger partial charge in [0.15, 0.2) is 5.82 Å². The number of rotatable bonds is 8. The summed E-state index contributed by atoms with van der Waals surface area (Å²) in [5, 5.41) is 19.1. The fourth-order valence-electron chi connectivity index (χ4n) is 6.92. The molecule has 2 aliphatic rings. The zero-order chi connectivity index (χ0) is 29.2. The minimum atomic E-state index is 0.0750. The number of nitrogens with zero attached hydrogens (tertiary/aromatic N) is 8. The Hall–Kier alpha value is -4.22. The van der Waals surface area contributed by atoms with Gasteiger partial charge in [-0.05, 0) is 59.2 Å². The Balaban J connectivity index is 1.19. The van der Waals surface area contributed by atoms with Crippen molar-refractivity contribution in [3.8, 4) is 22.5 Å². The van der Waals surface area contributed by atoms with Gasteiger partial charge in [0.2, 0.25) is 5.78 Å². The second-order valence-corrected chi connectivity index (χ2v) is 11.6. The summed E-state index contributed by atoms with van der Waals surface area (Å²) in [6.45, 7) is 5.77. The van der Waals surface area contributed by atoms with E-state index in [1.807, 2.05) is 27.3 Å². The molecule has 1 saturated carbocycles. The van der Waals surface area contributed by atoms with E-state index in [4.69, 9.17) is 4.74 Å². The van der Waals surface area contributed by atoms with Crippen molar-refractivity contribution in [3.05, 3.63) is 82.0 Å². The molecule has 0 unspecified atom stereocenters. The largest absolute Gasteiger partial charge is 0.379 e. The first kappa shape index (κ1) is 27.6. The van der Waals surface area contributed by atoms with Crippen molar-refractivity contribution >= 4 is 5.78 Å². The number of ether oxygens (including phenoxy) is 1. The van der Waals surface area contributed by atoms with Crippen LogP contribution in [0.2, 0.25) is 0 Å². The molecule has 11 heteroatoms. The number of fused-ring (bicyclic) bond motifs is 1. The minimum absolute atomic E-state index is 0.0750. The fraction of sp³-hybridized carbons (Fsp3) is 0.438. The van der Waals surface area contributed by atoms with E-state index >= 15 is 0 Å². The van der Waals surface area contributed by atoms with Gasteiger partial charge in [-0.25, -0.2) is 9.61 Å². The van der Waals surface area contributed by atoms with E-state index in [-0.39, 0.29) is 11.6 Å². The Morgan fingerprint density at radius 2 is 1.70 bits per heavy atom. The maximum atomic E-state index is 14.4. The molecule has 1 aliphatic carbocycles. The minimum Gasteiger partial charge on any atom is -0.379 e. The molecule has 0 amide bonds. The molecule has 5 aromatic rings. The van der Waals surface area contributed by atoms with Crippen molar-refractivity contribution in [2.24, 2.45) is 0 Å². The number of aryl methyl sites for hydroxylation is 1. The number of hydrogen-bond acceptors (Lipinski definition) is 8. The van der Waals surface area contributed by atoms with Crippen molar-refractivity contribution in [2.45, 2.75) is 64.0 Å². The molecule has 7 rings (SSSR count). The van der Waals surface area contributed by atoms with Crippen LogP contribution in [-0.2, 0) is 17.6 Å². The van der Waals surface area contributed by atoms with Crippen LogP contribution in [0, 0.1) is 0 Å². The maximum absolute atomic E-state index is 14.4. The number of tetrazole rings is 1. The van der Waals surface area contributed by atoms with Crippen molar-refractivity contribution in [1.29, 1.82) is 0 Å². The highest BCUT2D eigenvalue weighted by Gasteiger charge is 2.30. The highest BCUT2D eigenvalue weighted by Crippen LogP contribution is 2.33. The molecular weight excluding hydrogens is 542 g/mol. The molecule has 43 heavy (non-hydrogen) atoms. The maximum Gasteiger partial charge on any atom is 0.259 e. The van der Waals surface area contributed by atoms with E-state index in [0.717, 1.165) is 98.3 Å². The summed E-state index contributed by atoms with van der Waals surface area (Å²) in [4.78, 5) is 21.5. The van der Waals surface area contributed by atoms with Crippen LogP contribution in [0.5, 0.6) is 0 Å². The summed E-state index contributed by atoms with van der Waals surface area (Å²) in [6, 6.07) is 17.2. The first-order chi connectivity index (χ1) is 21.2. The first-order valence-corrected chi connectivity index (χ1v) is 15.4. The van der Waals surface area contributed by atoms with E-state index < -0.39 is 0 Å². The van der Waals surface area contributed by atoms with Gasteiger partial charge in [-0.3, -0.25) is 14.3 Å². The molecular formula is C32H37N9O2. The van der Waals surface area contributed by atoms with Gasteiger partial charge in [0.05, 0.1) is 18.9 Å². The Morgan fingerprint density at radius 3 is 2.42 bits per heavy atom. The van der Waals surface area contributed by atoms with Crippen LogP contribution in [0.25, 0.3) is 28.3 Å². The van der Waals surface area contributed by atoms with Gasteiger partial charge in [-0.2, -0.15) is 10.1 Å². The number of aromatic nitrogens is 8. The van der Waals surface area contributed by atoms with Gasteiger partial charge in [0.1, 0.15) is 6.33 Å². The lowest BCUT2D eigenvalue weighted by atomic mass is 9.89. The quantitative estimate of drug-likeness (QED) is 0.292. The van der Waals surface area contributed by atoms with Gasteiger partial charge >= 0.3 is 0 Å². The Bertz CT molecular complexity index is 1730. The third-order valence-electron chi connectivity index (χ3n) is 9.08. The lowest BCUT2D eigenvalue weighted by Crippen LogP contribution is -2.45. The molecule has 1 N–H and O–H groups in total. The van der Waals surface area contributed by atoms with E-state index in [0.29, 0.717) is 24.1 Å². The van der Waals surface area contributed by atoms with Gasteiger partial charge in [0, 0.05) is 42.7 Å². The molecule has 1 saturated heterocycles. The third kappa shape index (κ3) is 5.38. The summed E-state index contributed by atoms with van der Waals surface area (Å²) in [6.07, 6.45) is 7.91. The zero-order valence-electron chi connectivity index (χ0n) is 24.5. The van der Waals surface area contributed by atoms with Crippen molar-refractivity contribution < 1.29 is 4.74 Å². The third-order valence-corrected chi connectivity index (χ3v) is 9.08. The Kier molecular flexibility index (Phi) is 7.82. The van der Waals surface area contributed by atoms with Gasteiger partial charge < -0.3 is 4.74 Å². The highest BCUT2D eigenvalue weighted by atomic mass is 16.5. The standard InChI is InChI=1S/C32H37N9O2/c1-2-5-29-28(20-22-8-10-23(11-9-22)26-6-3-4-7-27(26)30-35-37-38-36-30)31(42)40(32-33-21-34-41(29)32)25-14-12-24(13-15-25)39-16-18-43-19-17-39/h3-4,6-11,21,24-25H,2,5,12-20H2,1H3,(H,35,36,37,38). The summed E-state index contributed by atoms with van der Waals surface area (Å²) in [7, 11) is 0. The number of nitrogens with one attached hydrogen (secondary N) is 1. The summed E-state index contributed by atoms with van der Waals surface area (Å²) in [5.41, 5.74) is 5.98. The second-order valence-electron chi connectivity index (χ2n) is 11.6.